The number of nitrogens with zero attached hydrogens (tertiary/aromatic N) is 3. The largest absolute Gasteiger partial charge is 0.444 e. The van der Waals surface area contributed by atoms with Crippen molar-refractivity contribution in [2.45, 2.75) is 32.8 Å². The third kappa shape index (κ3) is 4.01. The van der Waals surface area contributed by atoms with Gasteiger partial charge in [0.2, 0.25) is 0 Å². The lowest BCUT2D eigenvalue weighted by molar-refractivity contribution is 0.0299. The molecule has 0 unspecified atom stereocenters. The van der Waals surface area contributed by atoms with Crippen molar-refractivity contribution in [3.63, 3.8) is 0 Å². The fraction of sp³-hybridized carbons (Fsp3) is 0.389. The molecular weight excluding hydrogens is 306 g/mol. The van der Waals surface area contributed by atoms with Gasteiger partial charge < -0.3 is 14.2 Å². The van der Waals surface area contributed by atoms with E-state index in [0.29, 0.717) is 24.8 Å². The lowest BCUT2D eigenvalue weighted by Gasteiger charge is -2.23. The number of amides is 1. The Hall–Kier alpha value is -2.63. The zero-order valence-corrected chi connectivity index (χ0v) is 14.2. The molecule has 0 aliphatic carbocycles. The fourth-order valence-corrected chi connectivity index (χ4v) is 2.46. The van der Waals surface area contributed by atoms with Gasteiger partial charge in [-0.15, -0.1) is 0 Å². The van der Waals surface area contributed by atoms with Crippen LogP contribution in [0.2, 0.25) is 0 Å². The van der Waals surface area contributed by atoms with E-state index in [-0.39, 0.29) is 6.09 Å². The summed E-state index contributed by atoms with van der Waals surface area (Å²) in [6.45, 7) is 6.76. The summed E-state index contributed by atoms with van der Waals surface area (Å²) in [7, 11) is 0. The molecule has 24 heavy (non-hydrogen) atoms. The molecule has 1 aliphatic heterocycles. The summed E-state index contributed by atoms with van der Waals surface area (Å²) in [5.41, 5.74) is 1.49. The molecule has 1 aliphatic rings. The van der Waals surface area contributed by atoms with Gasteiger partial charge in [-0.1, -0.05) is 23.4 Å². The molecule has 1 amide bonds. The van der Waals surface area contributed by atoms with E-state index in [0.717, 1.165) is 17.6 Å². The van der Waals surface area contributed by atoms with Gasteiger partial charge in [0, 0.05) is 18.7 Å². The van der Waals surface area contributed by atoms with Crippen molar-refractivity contribution in [1.82, 2.24) is 15.0 Å². The van der Waals surface area contributed by atoms with E-state index in [9.17, 15) is 4.79 Å². The molecule has 0 saturated carbocycles. The summed E-state index contributed by atoms with van der Waals surface area (Å²) in [4.78, 5) is 18.1. The van der Waals surface area contributed by atoms with Gasteiger partial charge in [-0.2, -0.15) is 4.98 Å². The number of likely N-dealkylation sites (tertiary alicyclic amines) is 1. The van der Waals surface area contributed by atoms with Gasteiger partial charge in [0.25, 0.3) is 5.89 Å². The Balaban J connectivity index is 1.66. The first-order valence-electron chi connectivity index (χ1n) is 7.97. The van der Waals surface area contributed by atoms with Gasteiger partial charge in [0.15, 0.2) is 5.82 Å². The van der Waals surface area contributed by atoms with E-state index in [1.165, 1.54) is 0 Å². The highest BCUT2D eigenvalue weighted by Gasteiger charge is 2.26. The molecule has 0 atom stereocenters. The van der Waals surface area contributed by atoms with Crippen molar-refractivity contribution >= 4 is 12.2 Å². The van der Waals surface area contributed by atoms with Crippen LogP contribution in [-0.4, -0.2) is 39.8 Å². The van der Waals surface area contributed by atoms with E-state index in [4.69, 9.17) is 9.26 Å². The number of aromatic nitrogens is 2. The lowest BCUT2D eigenvalue weighted by Crippen LogP contribution is -2.34. The molecular formula is C18H21N3O3. The second-order valence-electron chi connectivity index (χ2n) is 6.78. The maximum atomic E-state index is 12.1. The minimum absolute atomic E-state index is 0.288. The first-order chi connectivity index (χ1) is 11.4. The van der Waals surface area contributed by atoms with Crippen LogP contribution in [0.4, 0.5) is 4.79 Å². The van der Waals surface area contributed by atoms with Crippen molar-refractivity contribution in [1.29, 1.82) is 0 Å². The third-order valence-corrected chi connectivity index (χ3v) is 3.54. The smallest absolute Gasteiger partial charge is 0.410 e. The minimum atomic E-state index is -0.484. The normalized spacial score (nSPS) is 16.6. The Labute approximate surface area is 141 Å². The molecule has 0 N–H and O–H groups in total. The van der Waals surface area contributed by atoms with Crippen LogP contribution in [-0.2, 0) is 4.74 Å². The number of ether oxygens (including phenoxy) is 1. The third-order valence-electron chi connectivity index (χ3n) is 3.54. The van der Waals surface area contributed by atoms with E-state index < -0.39 is 5.60 Å². The van der Waals surface area contributed by atoms with Crippen LogP contribution < -0.4 is 0 Å². The topological polar surface area (TPSA) is 68.5 Å². The Morgan fingerprint density at radius 1 is 1.29 bits per heavy atom. The number of rotatable bonds is 2. The Kier molecular flexibility index (Phi) is 4.38. The van der Waals surface area contributed by atoms with Gasteiger partial charge in [-0.3, -0.25) is 0 Å². The maximum absolute atomic E-state index is 12.1. The zero-order valence-electron chi connectivity index (χ0n) is 14.2. The van der Waals surface area contributed by atoms with Crippen LogP contribution in [0.25, 0.3) is 17.5 Å². The van der Waals surface area contributed by atoms with E-state index >= 15 is 0 Å². The van der Waals surface area contributed by atoms with E-state index in [1.807, 2.05) is 57.2 Å². The molecule has 2 heterocycles. The van der Waals surface area contributed by atoms with Crippen molar-refractivity contribution in [3.8, 4) is 11.5 Å². The van der Waals surface area contributed by atoms with E-state index in [1.54, 1.807) is 4.90 Å². The first kappa shape index (κ1) is 16.2. The molecule has 1 saturated heterocycles. The zero-order chi connectivity index (χ0) is 17.2. The molecule has 0 bridgehead atoms. The van der Waals surface area contributed by atoms with Gasteiger partial charge in [0.05, 0.1) is 0 Å². The molecule has 6 nitrogen and oxygen atoms in total. The van der Waals surface area contributed by atoms with Gasteiger partial charge in [-0.05, 0) is 51.0 Å². The fourth-order valence-electron chi connectivity index (χ4n) is 2.46. The Morgan fingerprint density at radius 3 is 2.75 bits per heavy atom. The predicted octanol–water partition coefficient (Wildman–Crippen LogP) is 3.76. The summed E-state index contributed by atoms with van der Waals surface area (Å²) < 4.78 is 10.7. The SMILES string of the molecule is CC(C)(C)OC(=O)N1CC/C(=C\c2noc(-c3ccccc3)n2)C1. The lowest BCUT2D eigenvalue weighted by atomic mass is 10.2. The first-order valence-corrected chi connectivity index (χ1v) is 7.97. The highest BCUT2D eigenvalue weighted by Crippen LogP contribution is 2.22. The number of carbonyl (C=O) groups is 1. The molecule has 0 spiro atoms. The quantitative estimate of drug-likeness (QED) is 0.840. The number of carbonyl (C=O) groups excluding carboxylic acids is 1. The maximum Gasteiger partial charge on any atom is 0.410 e. The number of hydrogen-bond donors (Lipinski definition) is 0. The summed E-state index contributed by atoms with van der Waals surface area (Å²) in [5.74, 6) is 1.01. The van der Waals surface area contributed by atoms with Crippen molar-refractivity contribution in [3.05, 3.63) is 41.7 Å². The van der Waals surface area contributed by atoms with Gasteiger partial charge in [0.1, 0.15) is 5.60 Å². The average Bonchev–Trinajstić information content (AvgIpc) is 3.16. The van der Waals surface area contributed by atoms with Crippen molar-refractivity contribution in [2.24, 2.45) is 0 Å². The molecule has 1 aromatic heterocycles. The summed E-state index contributed by atoms with van der Waals surface area (Å²) in [5, 5.41) is 3.99. The monoisotopic (exact) mass is 327 g/mol. The molecule has 1 aromatic carbocycles. The second-order valence-corrected chi connectivity index (χ2v) is 6.78. The highest BCUT2D eigenvalue weighted by atomic mass is 16.6. The standard InChI is InChI=1S/C18H21N3O3/c1-18(2,3)23-17(22)21-10-9-13(12-21)11-15-19-16(24-20-15)14-7-5-4-6-8-14/h4-8,11H,9-10,12H2,1-3H3/b13-11+. The van der Waals surface area contributed by atoms with Crippen LogP contribution in [0.5, 0.6) is 0 Å². The summed E-state index contributed by atoms with van der Waals surface area (Å²) in [6, 6.07) is 9.63. The van der Waals surface area contributed by atoms with Crippen molar-refractivity contribution < 1.29 is 14.1 Å². The van der Waals surface area contributed by atoms with Crippen molar-refractivity contribution in [2.75, 3.05) is 13.1 Å². The van der Waals surface area contributed by atoms with Crippen LogP contribution in [0.1, 0.15) is 33.0 Å². The molecule has 126 valence electrons. The Morgan fingerprint density at radius 2 is 2.04 bits per heavy atom. The summed E-state index contributed by atoms with van der Waals surface area (Å²) >= 11 is 0. The van der Waals surface area contributed by atoms with Crippen LogP contribution in [0, 0.1) is 0 Å². The van der Waals surface area contributed by atoms with Crippen LogP contribution in [0.3, 0.4) is 0 Å². The second kappa shape index (κ2) is 6.47. The molecule has 0 radical (unpaired) electrons. The Bertz CT molecular complexity index is 744. The predicted molar refractivity (Wildman–Crippen MR) is 90.1 cm³/mol. The van der Waals surface area contributed by atoms with Crippen LogP contribution in [0.15, 0.2) is 40.4 Å². The van der Waals surface area contributed by atoms with Gasteiger partial charge >= 0.3 is 6.09 Å². The number of hydrogen-bond acceptors (Lipinski definition) is 5. The molecule has 3 rings (SSSR count). The average molecular weight is 327 g/mol. The number of benzene rings is 1. The highest BCUT2D eigenvalue weighted by molar-refractivity contribution is 5.70. The molecule has 2 aromatic rings. The van der Waals surface area contributed by atoms with E-state index in [2.05, 4.69) is 10.1 Å². The van der Waals surface area contributed by atoms with Gasteiger partial charge in [-0.25, -0.2) is 4.79 Å². The minimum Gasteiger partial charge on any atom is -0.444 e. The summed E-state index contributed by atoms with van der Waals surface area (Å²) in [6.07, 6.45) is 2.37. The molecule has 6 heteroatoms. The molecule has 1 fully saturated rings. The van der Waals surface area contributed by atoms with Crippen LogP contribution >= 0.6 is 0 Å².